The summed E-state index contributed by atoms with van der Waals surface area (Å²) in [5.74, 6) is -0.711. The van der Waals surface area contributed by atoms with Crippen molar-refractivity contribution in [1.29, 1.82) is 0 Å². The Labute approximate surface area is 84.5 Å². The third-order valence-corrected chi connectivity index (χ3v) is 3.14. The first-order chi connectivity index (χ1) is 6.66. The summed E-state index contributed by atoms with van der Waals surface area (Å²) in [5.41, 5.74) is 0. The molecule has 4 nitrogen and oxygen atoms in total. The molecule has 1 heterocycles. The van der Waals surface area contributed by atoms with Crippen molar-refractivity contribution in [1.82, 2.24) is 9.80 Å². The van der Waals surface area contributed by atoms with Gasteiger partial charge in [-0.25, -0.2) is 0 Å². The van der Waals surface area contributed by atoms with Crippen LogP contribution in [0.5, 0.6) is 0 Å². The van der Waals surface area contributed by atoms with Gasteiger partial charge in [-0.05, 0) is 19.8 Å². The van der Waals surface area contributed by atoms with E-state index in [1.165, 1.54) is 12.8 Å². The Hall–Kier alpha value is -0.610. The van der Waals surface area contributed by atoms with Gasteiger partial charge in [0.25, 0.3) is 0 Å². The van der Waals surface area contributed by atoms with E-state index < -0.39 is 5.97 Å². The normalized spacial score (nSPS) is 30.5. The second-order valence-corrected chi connectivity index (χ2v) is 4.45. The zero-order valence-electron chi connectivity index (χ0n) is 8.65. The standard InChI is InChI=1S/C10H18N2O2/c1-8-6-11(7-10(13)14)4-5-12(8)9-2-3-9/h8-9H,2-7H2,1H3,(H,13,14). The molecule has 14 heavy (non-hydrogen) atoms. The Balaban J connectivity index is 1.82. The number of piperazine rings is 1. The summed E-state index contributed by atoms with van der Waals surface area (Å²) in [4.78, 5) is 15.1. The summed E-state index contributed by atoms with van der Waals surface area (Å²) in [5, 5.41) is 8.68. The van der Waals surface area contributed by atoms with Gasteiger partial charge in [-0.15, -0.1) is 0 Å². The predicted octanol–water partition coefficient (Wildman–Crippen LogP) is 0.240. The van der Waals surface area contributed by atoms with Gasteiger partial charge < -0.3 is 5.11 Å². The van der Waals surface area contributed by atoms with E-state index in [0.29, 0.717) is 6.04 Å². The van der Waals surface area contributed by atoms with Crippen molar-refractivity contribution in [2.75, 3.05) is 26.2 Å². The summed E-state index contributed by atoms with van der Waals surface area (Å²) in [6, 6.07) is 1.33. The lowest BCUT2D eigenvalue weighted by Crippen LogP contribution is -2.53. The third-order valence-electron chi connectivity index (χ3n) is 3.14. The van der Waals surface area contributed by atoms with Crippen LogP contribution < -0.4 is 0 Å². The Morgan fingerprint density at radius 3 is 2.64 bits per heavy atom. The minimum Gasteiger partial charge on any atom is -0.480 e. The van der Waals surface area contributed by atoms with Crippen molar-refractivity contribution in [2.45, 2.75) is 31.8 Å². The average molecular weight is 198 g/mol. The summed E-state index contributed by atoms with van der Waals surface area (Å²) in [6.07, 6.45) is 2.67. The average Bonchev–Trinajstić information content (AvgIpc) is 2.86. The second-order valence-electron chi connectivity index (χ2n) is 4.45. The van der Waals surface area contributed by atoms with E-state index in [9.17, 15) is 4.79 Å². The van der Waals surface area contributed by atoms with Crippen LogP contribution in [0.25, 0.3) is 0 Å². The molecule has 1 unspecified atom stereocenters. The second kappa shape index (κ2) is 3.87. The van der Waals surface area contributed by atoms with E-state index in [2.05, 4.69) is 11.8 Å². The molecule has 1 saturated heterocycles. The highest BCUT2D eigenvalue weighted by Crippen LogP contribution is 2.29. The molecule has 2 fully saturated rings. The summed E-state index contributed by atoms with van der Waals surface area (Å²) >= 11 is 0. The molecule has 0 aromatic carbocycles. The maximum Gasteiger partial charge on any atom is 0.317 e. The highest BCUT2D eigenvalue weighted by atomic mass is 16.4. The van der Waals surface area contributed by atoms with Crippen LogP contribution in [-0.2, 0) is 4.79 Å². The van der Waals surface area contributed by atoms with Crippen LogP contribution in [0.3, 0.4) is 0 Å². The Morgan fingerprint density at radius 2 is 2.14 bits per heavy atom. The van der Waals surface area contributed by atoms with E-state index in [0.717, 1.165) is 25.7 Å². The lowest BCUT2D eigenvalue weighted by Gasteiger charge is -2.39. The first kappa shape index (κ1) is 9.93. The monoisotopic (exact) mass is 198 g/mol. The van der Waals surface area contributed by atoms with Crippen LogP contribution in [-0.4, -0.2) is 59.1 Å². The fourth-order valence-corrected chi connectivity index (χ4v) is 2.33. The largest absolute Gasteiger partial charge is 0.480 e. The van der Waals surface area contributed by atoms with Gasteiger partial charge in [-0.1, -0.05) is 0 Å². The lowest BCUT2D eigenvalue weighted by atomic mass is 10.2. The maximum atomic E-state index is 10.5. The number of rotatable bonds is 3. The number of carbonyl (C=O) groups is 1. The van der Waals surface area contributed by atoms with Gasteiger partial charge >= 0.3 is 5.97 Å². The summed E-state index contributed by atoms with van der Waals surface area (Å²) in [6.45, 7) is 5.25. The minimum atomic E-state index is -0.711. The van der Waals surface area contributed by atoms with Crippen LogP contribution in [0.4, 0.5) is 0 Å². The number of hydrogen-bond acceptors (Lipinski definition) is 3. The SMILES string of the molecule is CC1CN(CC(=O)O)CCN1C1CC1. The van der Waals surface area contributed by atoms with Gasteiger partial charge in [-0.2, -0.15) is 0 Å². The van der Waals surface area contributed by atoms with E-state index in [1.807, 2.05) is 4.90 Å². The number of carboxylic acids is 1. The maximum absolute atomic E-state index is 10.5. The molecule has 0 aromatic heterocycles. The molecule has 1 saturated carbocycles. The Bertz CT molecular complexity index is 228. The minimum absolute atomic E-state index is 0.197. The van der Waals surface area contributed by atoms with Crippen LogP contribution in [0.15, 0.2) is 0 Å². The van der Waals surface area contributed by atoms with Gasteiger partial charge in [0, 0.05) is 31.7 Å². The highest BCUT2D eigenvalue weighted by molar-refractivity contribution is 5.69. The fourth-order valence-electron chi connectivity index (χ4n) is 2.33. The third kappa shape index (κ3) is 2.25. The highest BCUT2D eigenvalue weighted by Gasteiger charge is 2.35. The van der Waals surface area contributed by atoms with Gasteiger partial charge in [-0.3, -0.25) is 14.6 Å². The van der Waals surface area contributed by atoms with Gasteiger partial charge in [0.2, 0.25) is 0 Å². The van der Waals surface area contributed by atoms with Gasteiger partial charge in [0.1, 0.15) is 0 Å². The molecule has 1 aliphatic heterocycles. The molecular formula is C10H18N2O2. The molecule has 2 aliphatic rings. The summed E-state index contributed by atoms with van der Waals surface area (Å²) < 4.78 is 0. The van der Waals surface area contributed by atoms with E-state index >= 15 is 0 Å². The first-order valence-electron chi connectivity index (χ1n) is 5.36. The zero-order chi connectivity index (χ0) is 10.1. The molecule has 0 amide bonds. The van der Waals surface area contributed by atoms with Crippen molar-refractivity contribution in [3.05, 3.63) is 0 Å². The molecular weight excluding hydrogens is 180 g/mol. The number of carboxylic acid groups (broad SMARTS) is 1. The van der Waals surface area contributed by atoms with Crippen molar-refractivity contribution in [2.24, 2.45) is 0 Å². The molecule has 0 spiro atoms. The molecule has 1 aliphatic carbocycles. The van der Waals surface area contributed by atoms with E-state index in [-0.39, 0.29) is 6.54 Å². The van der Waals surface area contributed by atoms with Crippen LogP contribution >= 0.6 is 0 Å². The van der Waals surface area contributed by atoms with Crippen molar-refractivity contribution >= 4 is 5.97 Å². The number of nitrogens with zero attached hydrogens (tertiary/aromatic N) is 2. The van der Waals surface area contributed by atoms with Crippen molar-refractivity contribution < 1.29 is 9.90 Å². The number of aliphatic carboxylic acids is 1. The molecule has 4 heteroatoms. The summed E-state index contributed by atoms with van der Waals surface area (Å²) in [7, 11) is 0. The Morgan fingerprint density at radius 1 is 1.43 bits per heavy atom. The molecule has 1 atom stereocenters. The van der Waals surface area contributed by atoms with Crippen LogP contribution in [0, 0.1) is 0 Å². The molecule has 0 aromatic rings. The molecule has 0 radical (unpaired) electrons. The quantitative estimate of drug-likeness (QED) is 0.705. The fraction of sp³-hybridized carbons (Fsp3) is 0.900. The van der Waals surface area contributed by atoms with E-state index in [4.69, 9.17) is 5.11 Å². The molecule has 0 bridgehead atoms. The Kier molecular flexibility index (Phi) is 2.74. The van der Waals surface area contributed by atoms with Crippen LogP contribution in [0.1, 0.15) is 19.8 Å². The first-order valence-corrected chi connectivity index (χ1v) is 5.36. The predicted molar refractivity (Wildman–Crippen MR) is 53.3 cm³/mol. The number of hydrogen-bond donors (Lipinski definition) is 1. The van der Waals surface area contributed by atoms with Gasteiger partial charge in [0.15, 0.2) is 0 Å². The smallest absolute Gasteiger partial charge is 0.317 e. The van der Waals surface area contributed by atoms with Crippen molar-refractivity contribution in [3.8, 4) is 0 Å². The van der Waals surface area contributed by atoms with Gasteiger partial charge in [0.05, 0.1) is 6.54 Å². The zero-order valence-corrected chi connectivity index (χ0v) is 8.65. The molecule has 2 rings (SSSR count). The lowest BCUT2D eigenvalue weighted by molar-refractivity contribution is -0.139. The van der Waals surface area contributed by atoms with Crippen molar-refractivity contribution in [3.63, 3.8) is 0 Å². The van der Waals surface area contributed by atoms with E-state index in [1.54, 1.807) is 0 Å². The van der Waals surface area contributed by atoms with Crippen LogP contribution in [0.2, 0.25) is 0 Å². The molecule has 80 valence electrons. The molecule has 1 N–H and O–H groups in total. The topological polar surface area (TPSA) is 43.8 Å².